The summed E-state index contributed by atoms with van der Waals surface area (Å²) in [6.07, 6.45) is 4.35. The van der Waals surface area contributed by atoms with Crippen LogP contribution in [-0.2, 0) is 29.4 Å². The van der Waals surface area contributed by atoms with Gasteiger partial charge in [-0.25, -0.2) is 8.42 Å². The highest BCUT2D eigenvalue weighted by Crippen LogP contribution is 2.31. The van der Waals surface area contributed by atoms with E-state index >= 15 is 0 Å². The number of aliphatic hydroxyl groups excluding tert-OH is 1. The summed E-state index contributed by atoms with van der Waals surface area (Å²) >= 11 is 0. The van der Waals surface area contributed by atoms with Crippen LogP contribution in [0.15, 0.2) is 42.6 Å². The number of nitrogens with one attached hydrogen (secondary N) is 2. The Balaban J connectivity index is 1.72. The average molecular weight is 512 g/mol. The number of methoxy groups -OCH3 is 1. The fraction of sp³-hybridized carbons (Fsp3) is 0.407. The quantitative estimate of drug-likeness (QED) is 0.340. The van der Waals surface area contributed by atoms with Gasteiger partial charge >= 0.3 is 0 Å². The molecule has 1 heterocycles. The Morgan fingerprint density at radius 3 is 2.53 bits per heavy atom. The SMILES string of the molecule is CCCS(=O)(=O)CCc1cc2c(NCc3ccc(OC)cc3)c(C(=O)NC3CC3)cnc2cc1CO. The molecule has 1 aliphatic carbocycles. The molecule has 36 heavy (non-hydrogen) atoms. The monoisotopic (exact) mass is 511 g/mol. The van der Waals surface area contributed by atoms with Gasteiger partial charge < -0.3 is 20.5 Å². The second-order valence-electron chi connectivity index (χ2n) is 9.19. The molecule has 1 aliphatic rings. The zero-order valence-corrected chi connectivity index (χ0v) is 21.5. The third-order valence-electron chi connectivity index (χ3n) is 6.34. The Kier molecular flexibility index (Phi) is 8.11. The third-order valence-corrected chi connectivity index (χ3v) is 8.20. The molecule has 192 valence electrons. The van der Waals surface area contributed by atoms with Gasteiger partial charge in [-0.05, 0) is 66.6 Å². The van der Waals surface area contributed by atoms with E-state index in [4.69, 9.17) is 4.74 Å². The van der Waals surface area contributed by atoms with Crippen molar-refractivity contribution in [2.75, 3.05) is 23.9 Å². The highest BCUT2D eigenvalue weighted by Gasteiger charge is 2.26. The first-order chi connectivity index (χ1) is 17.3. The van der Waals surface area contributed by atoms with E-state index in [0.29, 0.717) is 40.7 Å². The first-order valence-corrected chi connectivity index (χ1v) is 14.1. The van der Waals surface area contributed by atoms with Crippen LogP contribution in [0.5, 0.6) is 5.75 Å². The zero-order chi connectivity index (χ0) is 25.7. The maximum Gasteiger partial charge on any atom is 0.255 e. The van der Waals surface area contributed by atoms with Gasteiger partial charge in [0.05, 0.1) is 36.2 Å². The van der Waals surface area contributed by atoms with E-state index < -0.39 is 9.84 Å². The maximum absolute atomic E-state index is 13.1. The summed E-state index contributed by atoms with van der Waals surface area (Å²) in [7, 11) is -1.57. The number of carbonyl (C=O) groups is 1. The Morgan fingerprint density at radius 1 is 1.14 bits per heavy atom. The van der Waals surface area contributed by atoms with Crippen molar-refractivity contribution >= 4 is 32.3 Å². The standard InChI is InChI=1S/C27H33N3O5S/c1-3-11-36(33,34)12-10-19-13-23-25(14-20(19)17-31)28-16-24(27(32)30-21-6-7-21)26(23)29-15-18-4-8-22(35-2)9-5-18/h4-5,8-9,13-14,16,21,31H,3,6-7,10-12,15,17H2,1-2H3,(H,28,29)(H,30,32). The van der Waals surface area contributed by atoms with Gasteiger partial charge in [0, 0.05) is 29.9 Å². The minimum absolute atomic E-state index is 0.00322. The number of amides is 1. The number of hydrogen-bond donors (Lipinski definition) is 3. The number of nitrogens with zero attached hydrogens (tertiary/aromatic N) is 1. The van der Waals surface area contributed by atoms with Crippen LogP contribution in [0.1, 0.15) is 53.2 Å². The molecule has 9 heteroatoms. The molecule has 0 atom stereocenters. The lowest BCUT2D eigenvalue weighted by Gasteiger charge is -2.17. The number of benzene rings is 2. The molecule has 3 aromatic rings. The first kappa shape index (κ1) is 25.9. The maximum atomic E-state index is 13.1. The molecule has 8 nitrogen and oxygen atoms in total. The number of hydrogen-bond acceptors (Lipinski definition) is 7. The fourth-order valence-corrected chi connectivity index (χ4v) is 5.53. The summed E-state index contributed by atoms with van der Waals surface area (Å²) in [6, 6.07) is 11.5. The summed E-state index contributed by atoms with van der Waals surface area (Å²) in [5, 5.41) is 17.1. The van der Waals surface area contributed by atoms with Gasteiger partial charge in [0.25, 0.3) is 5.91 Å². The van der Waals surface area contributed by atoms with E-state index in [9.17, 15) is 18.3 Å². The van der Waals surface area contributed by atoms with Gasteiger partial charge in [-0.15, -0.1) is 0 Å². The van der Waals surface area contributed by atoms with Crippen LogP contribution >= 0.6 is 0 Å². The van der Waals surface area contributed by atoms with E-state index in [-0.39, 0.29) is 36.5 Å². The van der Waals surface area contributed by atoms with Crippen LogP contribution in [0.4, 0.5) is 5.69 Å². The molecule has 1 amide bonds. The zero-order valence-electron chi connectivity index (χ0n) is 20.7. The van der Waals surface area contributed by atoms with Crippen LogP contribution in [0.25, 0.3) is 10.9 Å². The number of aliphatic hydroxyl groups is 1. The van der Waals surface area contributed by atoms with Gasteiger partial charge in [-0.3, -0.25) is 9.78 Å². The number of sulfone groups is 1. The van der Waals surface area contributed by atoms with E-state index in [1.807, 2.05) is 37.3 Å². The summed E-state index contributed by atoms with van der Waals surface area (Å²) in [6.45, 7) is 2.08. The Hall–Kier alpha value is -3.17. The number of aryl methyl sites for hydroxylation is 1. The molecule has 1 aromatic heterocycles. The predicted molar refractivity (Wildman–Crippen MR) is 141 cm³/mol. The van der Waals surface area contributed by atoms with Crippen molar-refractivity contribution in [2.45, 2.75) is 51.8 Å². The van der Waals surface area contributed by atoms with Gasteiger partial charge in [0.2, 0.25) is 0 Å². The minimum Gasteiger partial charge on any atom is -0.497 e. The lowest BCUT2D eigenvalue weighted by molar-refractivity contribution is 0.0951. The highest BCUT2D eigenvalue weighted by molar-refractivity contribution is 7.91. The van der Waals surface area contributed by atoms with Crippen molar-refractivity contribution < 1.29 is 23.1 Å². The number of anilines is 1. The van der Waals surface area contributed by atoms with Crippen molar-refractivity contribution in [3.8, 4) is 5.75 Å². The fourth-order valence-electron chi connectivity index (χ4n) is 4.17. The van der Waals surface area contributed by atoms with Crippen molar-refractivity contribution in [1.29, 1.82) is 0 Å². The molecule has 1 fully saturated rings. The summed E-state index contributed by atoms with van der Waals surface area (Å²) < 4.78 is 29.9. The number of aromatic nitrogens is 1. The van der Waals surface area contributed by atoms with Crippen LogP contribution in [0.3, 0.4) is 0 Å². The van der Waals surface area contributed by atoms with Crippen LogP contribution in [0.2, 0.25) is 0 Å². The minimum atomic E-state index is -3.19. The molecular weight excluding hydrogens is 478 g/mol. The van der Waals surface area contributed by atoms with Crippen LogP contribution < -0.4 is 15.4 Å². The van der Waals surface area contributed by atoms with Crippen molar-refractivity contribution in [3.05, 3.63) is 64.8 Å². The molecule has 1 saturated carbocycles. The molecule has 0 radical (unpaired) electrons. The normalized spacial score (nSPS) is 13.5. The Morgan fingerprint density at radius 2 is 1.89 bits per heavy atom. The van der Waals surface area contributed by atoms with Crippen molar-refractivity contribution in [1.82, 2.24) is 10.3 Å². The highest BCUT2D eigenvalue weighted by atomic mass is 32.2. The number of rotatable bonds is 12. The first-order valence-electron chi connectivity index (χ1n) is 12.3. The van der Waals surface area contributed by atoms with Gasteiger partial charge in [-0.2, -0.15) is 0 Å². The van der Waals surface area contributed by atoms with Crippen molar-refractivity contribution in [2.24, 2.45) is 0 Å². The van der Waals surface area contributed by atoms with Gasteiger partial charge in [0.1, 0.15) is 5.75 Å². The molecule has 0 bridgehead atoms. The summed E-state index contributed by atoms with van der Waals surface area (Å²) in [5.74, 6) is 0.708. The number of ether oxygens (including phenoxy) is 1. The largest absolute Gasteiger partial charge is 0.497 e. The van der Waals surface area contributed by atoms with E-state index in [1.54, 1.807) is 19.4 Å². The smallest absolute Gasteiger partial charge is 0.255 e. The van der Waals surface area contributed by atoms with E-state index in [2.05, 4.69) is 15.6 Å². The lowest BCUT2D eigenvalue weighted by Crippen LogP contribution is -2.26. The molecule has 0 spiro atoms. The molecular formula is C27H33N3O5S. The summed E-state index contributed by atoms with van der Waals surface area (Å²) in [5.41, 5.74) is 4.07. The number of pyridine rings is 1. The van der Waals surface area contributed by atoms with Gasteiger partial charge in [-0.1, -0.05) is 19.1 Å². The lowest BCUT2D eigenvalue weighted by atomic mass is 9.99. The number of carbonyl (C=O) groups excluding carboxylic acids is 1. The molecule has 0 saturated heterocycles. The molecule has 2 aromatic carbocycles. The Labute approximate surface area is 212 Å². The van der Waals surface area contributed by atoms with Crippen LogP contribution in [-0.4, -0.2) is 49.1 Å². The average Bonchev–Trinajstić information content (AvgIpc) is 3.69. The number of fused-ring (bicyclic) bond motifs is 1. The van der Waals surface area contributed by atoms with Gasteiger partial charge in [0.15, 0.2) is 9.84 Å². The topological polar surface area (TPSA) is 118 Å². The molecule has 4 rings (SSSR count). The molecule has 0 aliphatic heterocycles. The van der Waals surface area contributed by atoms with E-state index in [1.165, 1.54) is 0 Å². The molecule has 3 N–H and O–H groups in total. The third kappa shape index (κ3) is 6.33. The molecule has 0 unspecified atom stereocenters. The van der Waals surface area contributed by atoms with E-state index in [0.717, 1.165) is 29.7 Å². The second-order valence-corrected chi connectivity index (χ2v) is 11.5. The van der Waals surface area contributed by atoms with Crippen LogP contribution in [0, 0.1) is 0 Å². The predicted octanol–water partition coefficient (Wildman–Crippen LogP) is 3.61. The second kappa shape index (κ2) is 11.3. The Bertz CT molecular complexity index is 1340. The van der Waals surface area contributed by atoms with Crippen molar-refractivity contribution in [3.63, 3.8) is 0 Å². The summed E-state index contributed by atoms with van der Waals surface area (Å²) in [4.78, 5) is 17.6.